The van der Waals surface area contributed by atoms with Gasteiger partial charge in [0.2, 0.25) is 0 Å². The standard InChI is InChI=1S/C16H13NO2S/c1-19-16(18)15-14(17)13(9-20-15)12-8-4-6-10-5-2-3-7-11(10)12/h2-9H,17H2,1H3. The van der Waals surface area contributed by atoms with Crippen molar-refractivity contribution in [3.8, 4) is 11.1 Å². The number of methoxy groups -OCH3 is 1. The van der Waals surface area contributed by atoms with Gasteiger partial charge in [-0.1, -0.05) is 42.5 Å². The van der Waals surface area contributed by atoms with E-state index in [1.54, 1.807) is 0 Å². The number of fused-ring (bicyclic) bond motifs is 1. The lowest BCUT2D eigenvalue weighted by atomic mass is 9.99. The molecule has 0 atom stereocenters. The van der Waals surface area contributed by atoms with E-state index >= 15 is 0 Å². The van der Waals surface area contributed by atoms with E-state index in [9.17, 15) is 4.79 Å². The lowest BCUT2D eigenvalue weighted by Gasteiger charge is -2.06. The van der Waals surface area contributed by atoms with Gasteiger partial charge < -0.3 is 10.5 Å². The van der Waals surface area contributed by atoms with Crippen LogP contribution in [0, 0.1) is 0 Å². The Kier molecular flexibility index (Phi) is 3.16. The van der Waals surface area contributed by atoms with Crippen molar-refractivity contribution in [3.05, 3.63) is 52.7 Å². The van der Waals surface area contributed by atoms with Crippen molar-refractivity contribution in [2.24, 2.45) is 0 Å². The molecule has 0 amide bonds. The van der Waals surface area contributed by atoms with Crippen molar-refractivity contribution in [1.29, 1.82) is 0 Å². The Morgan fingerprint density at radius 1 is 1.10 bits per heavy atom. The molecule has 1 aromatic heterocycles. The van der Waals surface area contributed by atoms with Gasteiger partial charge in [0.1, 0.15) is 4.88 Å². The smallest absolute Gasteiger partial charge is 0.350 e. The number of ether oxygens (including phenoxy) is 1. The second-order valence-corrected chi connectivity index (χ2v) is 5.29. The van der Waals surface area contributed by atoms with Gasteiger partial charge in [-0.05, 0) is 16.3 Å². The normalized spacial score (nSPS) is 10.7. The van der Waals surface area contributed by atoms with Crippen LogP contribution in [0.5, 0.6) is 0 Å². The van der Waals surface area contributed by atoms with Crippen LogP contribution in [0.15, 0.2) is 47.8 Å². The minimum atomic E-state index is -0.390. The number of hydrogen-bond acceptors (Lipinski definition) is 4. The highest BCUT2D eigenvalue weighted by Crippen LogP contribution is 2.37. The summed E-state index contributed by atoms with van der Waals surface area (Å²) in [6.45, 7) is 0. The zero-order chi connectivity index (χ0) is 14.1. The van der Waals surface area contributed by atoms with Gasteiger partial charge >= 0.3 is 5.97 Å². The maximum atomic E-state index is 11.7. The van der Waals surface area contributed by atoms with Crippen LogP contribution in [-0.2, 0) is 4.74 Å². The highest BCUT2D eigenvalue weighted by atomic mass is 32.1. The predicted molar refractivity (Wildman–Crippen MR) is 83.0 cm³/mol. The van der Waals surface area contributed by atoms with Gasteiger partial charge in [0.05, 0.1) is 12.8 Å². The maximum Gasteiger partial charge on any atom is 0.350 e. The third-order valence-corrected chi connectivity index (χ3v) is 4.26. The van der Waals surface area contributed by atoms with Crippen molar-refractivity contribution in [2.45, 2.75) is 0 Å². The third-order valence-electron chi connectivity index (χ3n) is 3.28. The molecular weight excluding hydrogens is 270 g/mol. The van der Waals surface area contributed by atoms with Crippen LogP contribution in [-0.4, -0.2) is 13.1 Å². The molecule has 2 aromatic carbocycles. The van der Waals surface area contributed by atoms with Gasteiger partial charge in [-0.3, -0.25) is 0 Å². The second-order valence-electron chi connectivity index (χ2n) is 4.41. The Labute approximate surface area is 120 Å². The van der Waals surface area contributed by atoms with Gasteiger partial charge in [-0.2, -0.15) is 0 Å². The zero-order valence-corrected chi connectivity index (χ0v) is 11.7. The van der Waals surface area contributed by atoms with Gasteiger partial charge in [0.15, 0.2) is 0 Å². The summed E-state index contributed by atoms with van der Waals surface area (Å²) in [5.74, 6) is -0.390. The van der Waals surface area contributed by atoms with Gasteiger partial charge in [-0.25, -0.2) is 4.79 Å². The van der Waals surface area contributed by atoms with Crippen molar-refractivity contribution < 1.29 is 9.53 Å². The van der Waals surface area contributed by atoms with Crippen LogP contribution < -0.4 is 5.73 Å². The van der Waals surface area contributed by atoms with Crippen LogP contribution in [0.25, 0.3) is 21.9 Å². The molecule has 1 heterocycles. The van der Waals surface area contributed by atoms with Crippen LogP contribution in [0.3, 0.4) is 0 Å². The number of anilines is 1. The van der Waals surface area contributed by atoms with E-state index in [0.29, 0.717) is 10.6 Å². The number of thiophene rings is 1. The fourth-order valence-electron chi connectivity index (χ4n) is 2.29. The van der Waals surface area contributed by atoms with E-state index in [1.807, 2.05) is 29.6 Å². The molecule has 3 rings (SSSR count). The highest BCUT2D eigenvalue weighted by Gasteiger charge is 2.18. The van der Waals surface area contributed by atoms with Gasteiger partial charge in [0, 0.05) is 10.9 Å². The number of rotatable bonds is 2. The number of nitrogen functional groups attached to an aromatic ring is 1. The first-order valence-electron chi connectivity index (χ1n) is 6.16. The van der Waals surface area contributed by atoms with Gasteiger partial charge in [0.25, 0.3) is 0 Å². The number of hydrogen-bond donors (Lipinski definition) is 1. The van der Waals surface area contributed by atoms with Crippen LogP contribution in [0.1, 0.15) is 9.67 Å². The molecule has 0 aliphatic rings. The molecule has 0 radical (unpaired) electrons. The molecule has 0 unspecified atom stereocenters. The molecule has 20 heavy (non-hydrogen) atoms. The summed E-state index contributed by atoms with van der Waals surface area (Å²) in [7, 11) is 1.36. The Balaban J connectivity index is 2.22. The number of benzene rings is 2. The van der Waals surface area contributed by atoms with E-state index in [-0.39, 0.29) is 5.97 Å². The summed E-state index contributed by atoms with van der Waals surface area (Å²) in [4.78, 5) is 12.1. The molecule has 0 bridgehead atoms. The maximum absolute atomic E-state index is 11.7. The Morgan fingerprint density at radius 2 is 1.85 bits per heavy atom. The van der Waals surface area contributed by atoms with E-state index in [1.165, 1.54) is 18.4 Å². The molecule has 3 aromatic rings. The number of carbonyl (C=O) groups is 1. The van der Waals surface area contributed by atoms with E-state index in [2.05, 4.69) is 18.2 Å². The molecule has 3 nitrogen and oxygen atoms in total. The van der Waals surface area contributed by atoms with Gasteiger partial charge in [-0.15, -0.1) is 11.3 Å². The third kappa shape index (κ3) is 1.94. The number of nitrogens with two attached hydrogens (primary N) is 1. The SMILES string of the molecule is COC(=O)c1scc(-c2cccc3ccccc23)c1N. The van der Waals surface area contributed by atoms with E-state index in [0.717, 1.165) is 21.9 Å². The largest absolute Gasteiger partial charge is 0.465 e. The molecule has 0 saturated heterocycles. The topological polar surface area (TPSA) is 52.3 Å². The Bertz CT molecular complexity index is 787. The average molecular weight is 283 g/mol. The summed E-state index contributed by atoms with van der Waals surface area (Å²) in [6.07, 6.45) is 0. The molecule has 0 saturated carbocycles. The highest BCUT2D eigenvalue weighted by molar-refractivity contribution is 7.13. The molecule has 2 N–H and O–H groups in total. The van der Waals surface area contributed by atoms with Crippen LogP contribution in [0.2, 0.25) is 0 Å². The van der Waals surface area contributed by atoms with Crippen molar-refractivity contribution in [2.75, 3.05) is 12.8 Å². The molecule has 4 heteroatoms. The summed E-state index contributed by atoms with van der Waals surface area (Å²) in [5.41, 5.74) is 8.51. The fourth-order valence-corrected chi connectivity index (χ4v) is 3.19. The average Bonchev–Trinajstić information content (AvgIpc) is 2.87. The van der Waals surface area contributed by atoms with Crippen LogP contribution in [0.4, 0.5) is 5.69 Å². The summed E-state index contributed by atoms with van der Waals surface area (Å²) >= 11 is 1.31. The lowest BCUT2D eigenvalue weighted by Crippen LogP contribution is -2.02. The quantitative estimate of drug-likeness (QED) is 0.725. The van der Waals surface area contributed by atoms with Crippen LogP contribution >= 0.6 is 11.3 Å². The molecular formula is C16H13NO2S. The van der Waals surface area contributed by atoms with E-state index < -0.39 is 0 Å². The lowest BCUT2D eigenvalue weighted by molar-refractivity contribution is 0.0607. The predicted octanol–water partition coefficient (Wildman–Crippen LogP) is 3.94. The first-order chi connectivity index (χ1) is 9.72. The summed E-state index contributed by atoms with van der Waals surface area (Å²) in [5, 5.41) is 4.18. The number of esters is 1. The van der Waals surface area contributed by atoms with Crippen molar-refractivity contribution in [1.82, 2.24) is 0 Å². The molecule has 0 aliphatic heterocycles. The van der Waals surface area contributed by atoms with E-state index in [4.69, 9.17) is 10.5 Å². The Morgan fingerprint density at radius 3 is 2.65 bits per heavy atom. The molecule has 0 fully saturated rings. The summed E-state index contributed by atoms with van der Waals surface area (Å²) in [6, 6.07) is 14.2. The summed E-state index contributed by atoms with van der Waals surface area (Å²) < 4.78 is 4.75. The van der Waals surface area contributed by atoms with Crippen molar-refractivity contribution >= 4 is 33.8 Å². The minimum Gasteiger partial charge on any atom is -0.465 e. The molecule has 100 valence electrons. The molecule has 0 aliphatic carbocycles. The van der Waals surface area contributed by atoms with Crippen molar-refractivity contribution in [3.63, 3.8) is 0 Å². The fraction of sp³-hybridized carbons (Fsp3) is 0.0625. The number of carbonyl (C=O) groups excluding carboxylic acids is 1. The molecule has 0 spiro atoms. The minimum absolute atomic E-state index is 0.390. The first-order valence-corrected chi connectivity index (χ1v) is 7.03. The monoisotopic (exact) mass is 283 g/mol. The second kappa shape index (κ2) is 4.98. The Hall–Kier alpha value is -2.33. The first kappa shape index (κ1) is 12.7. The zero-order valence-electron chi connectivity index (χ0n) is 10.9.